The van der Waals surface area contributed by atoms with Crippen molar-refractivity contribution in [2.24, 2.45) is 0 Å². The normalized spacial score (nSPS) is 17.5. The third-order valence-electron chi connectivity index (χ3n) is 5.34. The molecule has 2 atom stereocenters. The monoisotopic (exact) mass is 489 g/mol. The first-order chi connectivity index (χ1) is 16.2. The highest BCUT2D eigenvalue weighted by molar-refractivity contribution is 7.88. The number of hydrogen-bond acceptors (Lipinski definition) is 7. The van der Waals surface area contributed by atoms with E-state index in [0.29, 0.717) is 11.3 Å². The van der Waals surface area contributed by atoms with Gasteiger partial charge < -0.3 is 20.3 Å². The number of ether oxygens (including phenoxy) is 1. The first-order valence-electron chi connectivity index (χ1n) is 10.5. The Labute approximate surface area is 198 Å². The number of nitrogens with zero attached hydrogens (tertiary/aromatic N) is 3. The van der Waals surface area contributed by atoms with Crippen LogP contribution in [0.1, 0.15) is 5.56 Å². The van der Waals surface area contributed by atoms with Gasteiger partial charge in [-0.15, -0.1) is 0 Å². The molecule has 0 radical (unpaired) electrons. The maximum absolute atomic E-state index is 13.2. The number of para-hydroxylation sites is 1. The van der Waals surface area contributed by atoms with Crippen LogP contribution in [0.25, 0.3) is 0 Å². The quantitative estimate of drug-likeness (QED) is 0.539. The summed E-state index contributed by atoms with van der Waals surface area (Å²) in [5, 5.41) is 5.32. The Hall–Kier alpha value is -3.51. The third-order valence-corrected chi connectivity index (χ3v) is 6.63. The van der Waals surface area contributed by atoms with Crippen LogP contribution in [-0.2, 0) is 30.8 Å². The minimum Gasteiger partial charge on any atom is -0.467 e. The van der Waals surface area contributed by atoms with E-state index < -0.39 is 40.0 Å². The molecular formula is C22H27N5O6S. The molecule has 1 fully saturated rings. The van der Waals surface area contributed by atoms with Crippen LogP contribution in [0.5, 0.6) is 0 Å². The molecule has 2 N–H and O–H groups in total. The second-order valence-corrected chi connectivity index (χ2v) is 9.72. The number of rotatable bonds is 7. The Morgan fingerprint density at radius 2 is 1.88 bits per heavy atom. The Balaban J connectivity index is 1.77. The number of amides is 3. The number of esters is 1. The Kier molecular flexibility index (Phi) is 8.18. The number of nitrogens with one attached hydrogen (secondary N) is 2. The lowest BCUT2D eigenvalue weighted by atomic mass is 10.1. The summed E-state index contributed by atoms with van der Waals surface area (Å²) in [6.45, 7) is -0.144. The van der Waals surface area contributed by atoms with Crippen molar-refractivity contribution in [3.05, 3.63) is 60.4 Å². The van der Waals surface area contributed by atoms with E-state index in [1.165, 1.54) is 12.0 Å². The molecule has 3 rings (SSSR count). The summed E-state index contributed by atoms with van der Waals surface area (Å²) in [7, 11) is -2.56. The molecule has 34 heavy (non-hydrogen) atoms. The van der Waals surface area contributed by atoms with Crippen LogP contribution in [0.3, 0.4) is 0 Å². The molecule has 1 saturated heterocycles. The van der Waals surface area contributed by atoms with Crippen molar-refractivity contribution in [2.45, 2.75) is 18.5 Å². The molecule has 0 aliphatic carbocycles. The highest BCUT2D eigenvalue weighted by Gasteiger charge is 2.40. The van der Waals surface area contributed by atoms with Gasteiger partial charge in [0.15, 0.2) is 0 Å². The molecule has 2 aromatic rings. The van der Waals surface area contributed by atoms with E-state index in [1.54, 1.807) is 48.8 Å². The number of urea groups is 1. The van der Waals surface area contributed by atoms with Gasteiger partial charge in [-0.05, 0) is 23.8 Å². The Morgan fingerprint density at radius 1 is 1.15 bits per heavy atom. The van der Waals surface area contributed by atoms with Gasteiger partial charge in [0.05, 0.1) is 13.4 Å². The molecule has 182 valence electrons. The molecule has 11 nitrogen and oxygen atoms in total. The topological polar surface area (TPSA) is 138 Å². The van der Waals surface area contributed by atoms with E-state index in [-0.39, 0.29) is 26.1 Å². The number of hydrogen-bond donors (Lipinski definition) is 2. The molecule has 1 aromatic heterocycles. The summed E-state index contributed by atoms with van der Waals surface area (Å²) in [5.74, 6) is -1.39. The number of aromatic nitrogens is 1. The fourth-order valence-corrected chi connectivity index (χ4v) is 4.68. The Bertz CT molecular complexity index is 1110. The fraction of sp³-hybridized carbons (Fsp3) is 0.364. The fourth-order valence-electron chi connectivity index (χ4n) is 3.64. The molecule has 0 spiro atoms. The van der Waals surface area contributed by atoms with Crippen LogP contribution < -0.4 is 10.6 Å². The molecule has 1 aliphatic rings. The van der Waals surface area contributed by atoms with Gasteiger partial charge in [-0.1, -0.05) is 24.3 Å². The molecular weight excluding hydrogens is 462 g/mol. The summed E-state index contributed by atoms with van der Waals surface area (Å²) >= 11 is 0. The average Bonchev–Trinajstić information content (AvgIpc) is 2.83. The lowest BCUT2D eigenvalue weighted by Crippen LogP contribution is -2.63. The highest BCUT2D eigenvalue weighted by Crippen LogP contribution is 2.17. The number of methoxy groups -OCH3 is 1. The van der Waals surface area contributed by atoms with Gasteiger partial charge in [0.2, 0.25) is 15.9 Å². The van der Waals surface area contributed by atoms with Crippen molar-refractivity contribution in [1.29, 1.82) is 0 Å². The SMILES string of the molecule is COC(=O)[C@@H](Cc1cccnc1)NC(=O)[C@H]1CN(C(=O)Nc2ccccc2)CCN1S(C)(=O)=O. The van der Waals surface area contributed by atoms with Crippen molar-refractivity contribution in [3.63, 3.8) is 0 Å². The average molecular weight is 490 g/mol. The molecule has 1 aliphatic heterocycles. The molecule has 2 heterocycles. The number of sulfonamides is 1. The maximum atomic E-state index is 13.2. The number of pyridine rings is 1. The largest absolute Gasteiger partial charge is 0.467 e. The van der Waals surface area contributed by atoms with Crippen LogP contribution in [0.4, 0.5) is 10.5 Å². The first-order valence-corrected chi connectivity index (χ1v) is 12.4. The van der Waals surface area contributed by atoms with Crippen molar-refractivity contribution < 1.29 is 27.5 Å². The van der Waals surface area contributed by atoms with Crippen LogP contribution in [0.15, 0.2) is 54.9 Å². The predicted octanol–water partition coefficient (Wildman–Crippen LogP) is 0.460. The zero-order chi connectivity index (χ0) is 24.7. The van der Waals surface area contributed by atoms with E-state index in [0.717, 1.165) is 10.6 Å². The van der Waals surface area contributed by atoms with E-state index in [1.807, 2.05) is 6.07 Å². The minimum atomic E-state index is -3.76. The Morgan fingerprint density at radius 3 is 2.50 bits per heavy atom. The standard InChI is InChI=1S/C22H27N5O6S/c1-33-21(29)18(13-16-7-6-10-23-14-16)25-20(28)19-15-26(11-12-27(19)34(2,31)32)22(30)24-17-8-4-3-5-9-17/h3-10,14,18-19H,11-13,15H2,1-2H3,(H,24,30)(H,25,28)/t18-,19-/m1/s1. The number of benzene rings is 1. The maximum Gasteiger partial charge on any atom is 0.328 e. The lowest BCUT2D eigenvalue weighted by Gasteiger charge is -2.39. The van der Waals surface area contributed by atoms with Gasteiger partial charge in [0, 0.05) is 44.1 Å². The van der Waals surface area contributed by atoms with Gasteiger partial charge in [0.25, 0.3) is 0 Å². The van der Waals surface area contributed by atoms with E-state index in [2.05, 4.69) is 15.6 Å². The molecule has 12 heteroatoms. The summed E-state index contributed by atoms with van der Waals surface area (Å²) in [6, 6.07) is 9.48. The van der Waals surface area contributed by atoms with Gasteiger partial charge in [-0.2, -0.15) is 4.31 Å². The number of anilines is 1. The van der Waals surface area contributed by atoms with Gasteiger partial charge >= 0.3 is 12.0 Å². The minimum absolute atomic E-state index is 0.0649. The van der Waals surface area contributed by atoms with Crippen LogP contribution in [0, 0.1) is 0 Å². The number of carbonyl (C=O) groups excluding carboxylic acids is 3. The van der Waals surface area contributed by atoms with Crippen molar-refractivity contribution in [3.8, 4) is 0 Å². The van der Waals surface area contributed by atoms with Crippen molar-refractivity contribution in [2.75, 3.05) is 38.3 Å². The third kappa shape index (κ3) is 6.51. The van der Waals surface area contributed by atoms with E-state index >= 15 is 0 Å². The van der Waals surface area contributed by atoms with Gasteiger partial charge in [-0.25, -0.2) is 18.0 Å². The predicted molar refractivity (Wildman–Crippen MR) is 124 cm³/mol. The zero-order valence-corrected chi connectivity index (χ0v) is 19.7. The molecule has 0 saturated carbocycles. The van der Waals surface area contributed by atoms with Crippen LogP contribution in [-0.4, -0.2) is 85.6 Å². The summed E-state index contributed by atoms with van der Waals surface area (Å²) in [6.07, 6.45) is 4.24. The van der Waals surface area contributed by atoms with E-state index in [4.69, 9.17) is 4.74 Å². The smallest absolute Gasteiger partial charge is 0.328 e. The molecule has 0 unspecified atom stereocenters. The summed E-state index contributed by atoms with van der Waals surface area (Å²) in [5.41, 5.74) is 1.26. The summed E-state index contributed by atoms with van der Waals surface area (Å²) in [4.78, 5) is 43.6. The van der Waals surface area contributed by atoms with Crippen molar-refractivity contribution >= 4 is 33.6 Å². The molecule has 3 amide bonds. The molecule has 0 bridgehead atoms. The second-order valence-electron chi connectivity index (χ2n) is 7.78. The summed E-state index contributed by atoms with van der Waals surface area (Å²) < 4.78 is 30.6. The lowest BCUT2D eigenvalue weighted by molar-refractivity contribution is -0.145. The van der Waals surface area contributed by atoms with E-state index in [9.17, 15) is 22.8 Å². The molecule has 1 aromatic carbocycles. The van der Waals surface area contributed by atoms with Crippen LogP contribution in [0.2, 0.25) is 0 Å². The van der Waals surface area contributed by atoms with Gasteiger partial charge in [-0.3, -0.25) is 9.78 Å². The van der Waals surface area contributed by atoms with Gasteiger partial charge in [0.1, 0.15) is 12.1 Å². The van der Waals surface area contributed by atoms with Crippen LogP contribution >= 0.6 is 0 Å². The number of piperazine rings is 1. The zero-order valence-electron chi connectivity index (χ0n) is 18.9. The first kappa shape index (κ1) is 25.1. The highest BCUT2D eigenvalue weighted by atomic mass is 32.2. The second kappa shape index (κ2) is 11.1. The van der Waals surface area contributed by atoms with Crippen molar-refractivity contribution in [1.82, 2.24) is 19.5 Å². The number of carbonyl (C=O) groups is 3.